The molecule has 3 aromatic rings. The molecule has 1 unspecified atom stereocenters. The van der Waals surface area contributed by atoms with Crippen LogP contribution in [-0.4, -0.2) is 48.3 Å². The average molecular weight is 439 g/mol. The Labute approximate surface area is 188 Å². The van der Waals surface area contributed by atoms with Gasteiger partial charge in [0.25, 0.3) is 5.56 Å². The number of aliphatic hydroxyl groups is 1. The minimum atomic E-state index is -0.105. The van der Waals surface area contributed by atoms with E-state index in [2.05, 4.69) is 52.2 Å². The van der Waals surface area contributed by atoms with Crippen molar-refractivity contribution in [1.29, 1.82) is 0 Å². The summed E-state index contributed by atoms with van der Waals surface area (Å²) in [6.45, 7) is 9.19. The van der Waals surface area contributed by atoms with E-state index in [4.69, 9.17) is 0 Å². The van der Waals surface area contributed by atoms with E-state index < -0.39 is 0 Å². The van der Waals surface area contributed by atoms with Gasteiger partial charge < -0.3 is 10.1 Å². The molecular weight excluding hydrogens is 404 g/mol. The number of hydrogen-bond acceptors (Lipinski definition) is 6. The number of nitrogens with zero attached hydrogens (tertiary/aromatic N) is 5. The summed E-state index contributed by atoms with van der Waals surface area (Å²) >= 11 is 0. The van der Waals surface area contributed by atoms with Crippen molar-refractivity contribution in [3.63, 3.8) is 0 Å². The molecule has 2 aromatic heterocycles. The molecule has 1 saturated carbocycles. The second-order valence-electron chi connectivity index (χ2n) is 9.41. The monoisotopic (exact) mass is 438 g/mol. The number of aryl methyl sites for hydroxylation is 2. The number of fused-ring (bicyclic) bond motifs is 1. The van der Waals surface area contributed by atoms with E-state index in [9.17, 15) is 9.90 Å². The SMILES string of the molecule is Cc1ccc(C)c2[nH]c(=O)c(CN(CCO)C(c3nnnn3C3CCCC3)C(C)C)cc12. The Morgan fingerprint density at radius 1 is 1.22 bits per heavy atom. The minimum absolute atomic E-state index is 0.00215. The third-order valence-electron chi connectivity index (χ3n) is 6.76. The molecule has 1 aliphatic carbocycles. The largest absolute Gasteiger partial charge is 0.395 e. The molecule has 0 spiro atoms. The number of aromatic nitrogens is 5. The maximum absolute atomic E-state index is 13.0. The maximum atomic E-state index is 13.0. The fourth-order valence-electron chi connectivity index (χ4n) is 5.09. The van der Waals surface area contributed by atoms with Crippen molar-refractivity contribution in [2.75, 3.05) is 13.2 Å². The summed E-state index contributed by atoms with van der Waals surface area (Å²) in [6.07, 6.45) is 4.57. The Hall–Kier alpha value is -2.58. The first-order valence-electron chi connectivity index (χ1n) is 11.7. The minimum Gasteiger partial charge on any atom is -0.395 e. The standard InChI is InChI=1S/C24H34N6O2/c1-15(2)22(23-26-27-28-30(23)19-7-5-6-8-19)29(11-12-31)14-18-13-20-16(3)9-10-17(4)21(20)25-24(18)32/h9-10,13,15,19,22,31H,5-8,11-12,14H2,1-4H3,(H,25,32). The summed E-state index contributed by atoms with van der Waals surface area (Å²) in [6, 6.07) is 6.33. The van der Waals surface area contributed by atoms with Gasteiger partial charge in [-0.3, -0.25) is 9.69 Å². The zero-order chi connectivity index (χ0) is 22.8. The molecule has 4 rings (SSSR count). The molecule has 1 fully saturated rings. The number of nitrogens with one attached hydrogen (secondary N) is 1. The number of aliphatic hydroxyl groups excluding tert-OH is 1. The van der Waals surface area contributed by atoms with E-state index in [-0.39, 0.29) is 24.1 Å². The maximum Gasteiger partial charge on any atom is 0.252 e. The fraction of sp³-hybridized carbons (Fsp3) is 0.583. The summed E-state index contributed by atoms with van der Waals surface area (Å²) in [7, 11) is 0. The second-order valence-corrected chi connectivity index (χ2v) is 9.41. The molecule has 172 valence electrons. The zero-order valence-corrected chi connectivity index (χ0v) is 19.5. The molecule has 1 atom stereocenters. The van der Waals surface area contributed by atoms with Crippen molar-refractivity contribution >= 4 is 10.9 Å². The molecule has 2 N–H and O–H groups in total. The number of rotatable bonds is 8. The van der Waals surface area contributed by atoms with Crippen molar-refractivity contribution < 1.29 is 5.11 Å². The lowest BCUT2D eigenvalue weighted by Crippen LogP contribution is -2.37. The van der Waals surface area contributed by atoms with Crippen LogP contribution in [0.3, 0.4) is 0 Å². The highest BCUT2D eigenvalue weighted by molar-refractivity contribution is 5.85. The van der Waals surface area contributed by atoms with Gasteiger partial charge in [0, 0.05) is 24.0 Å². The zero-order valence-electron chi connectivity index (χ0n) is 19.5. The number of H-pyrrole nitrogens is 1. The number of aromatic amines is 1. The molecule has 0 aliphatic heterocycles. The van der Waals surface area contributed by atoms with Gasteiger partial charge in [-0.1, -0.05) is 38.8 Å². The average Bonchev–Trinajstić information content (AvgIpc) is 3.44. The predicted molar refractivity (Wildman–Crippen MR) is 124 cm³/mol. The Morgan fingerprint density at radius 2 is 1.94 bits per heavy atom. The molecule has 0 bridgehead atoms. The number of hydrogen-bond donors (Lipinski definition) is 2. The van der Waals surface area contributed by atoms with Crippen LogP contribution in [0.1, 0.15) is 74.1 Å². The molecule has 8 nitrogen and oxygen atoms in total. The third kappa shape index (κ3) is 4.34. The van der Waals surface area contributed by atoms with Gasteiger partial charge in [0.2, 0.25) is 0 Å². The van der Waals surface area contributed by atoms with Gasteiger partial charge in [-0.05, 0) is 60.2 Å². The first-order valence-corrected chi connectivity index (χ1v) is 11.7. The Morgan fingerprint density at radius 3 is 2.62 bits per heavy atom. The van der Waals surface area contributed by atoms with Crippen molar-refractivity contribution in [2.24, 2.45) is 5.92 Å². The first-order chi connectivity index (χ1) is 15.4. The summed E-state index contributed by atoms with van der Waals surface area (Å²) in [5.41, 5.74) is 3.66. The Kier molecular flexibility index (Phi) is 6.71. The van der Waals surface area contributed by atoms with Crippen LogP contribution in [0, 0.1) is 19.8 Å². The van der Waals surface area contributed by atoms with E-state index in [1.54, 1.807) is 0 Å². The highest BCUT2D eigenvalue weighted by Crippen LogP contribution is 2.34. The van der Waals surface area contributed by atoms with Gasteiger partial charge in [-0.15, -0.1) is 5.10 Å². The fourth-order valence-corrected chi connectivity index (χ4v) is 5.09. The third-order valence-corrected chi connectivity index (χ3v) is 6.76. The molecule has 32 heavy (non-hydrogen) atoms. The van der Waals surface area contributed by atoms with Crippen LogP contribution >= 0.6 is 0 Å². The van der Waals surface area contributed by atoms with E-state index >= 15 is 0 Å². The number of pyridine rings is 1. The van der Waals surface area contributed by atoms with Crippen molar-refractivity contribution in [3.05, 3.63) is 51.1 Å². The van der Waals surface area contributed by atoms with Crippen molar-refractivity contribution in [3.8, 4) is 0 Å². The van der Waals surface area contributed by atoms with E-state index in [1.807, 2.05) is 23.7 Å². The van der Waals surface area contributed by atoms with Gasteiger partial charge in [-0.25, -0.2) is 4.68 Å². The van der Waals surface area contributed by atoms with Crippen LogP contribution in [-0.2, 0) is 6.54 Å². The predicted octanol–water partition coefficient (Wildman–Crippen LogP) is 3.44. The molecule has 1 aromatic carbocycles. The molecule has 0 saturated heterocycles. The normalized spacial score (nSPS) is 16.0. The van der Waals surface area contributed by atoms with E-state index in [0.29, 0.717) is 24.7 Å². The summed E-state index contributed by atoms with van der Waals surface area (Å²) in [5, 5.41) is 23.7. The molecule has 0 radical (unpaired) electrons. The van der Waals surface area contributed by atoms with Gasteiger partial charge in [0.1, 0.15) is 0 Å². The second kappa shape index (κ2) is 9.50. The van der Waals surface area contributed by atoms with Gasteiger partial charge in [0.15, 0.2) is 5.82 Å². The lowest BCUT2D eigenvalue weighted by molar-refractivity contribution is 0.104. The van der Waals surface area contributed by atoms with Gasteiger partial charge >= 0.3 is 0 Å². The molecule has 2 heterocycles. The Bertz CT molecular complexity index is 1130. The van der Waals surface area contributed by atoms with Crippen LogP contribution in [0.5, 0.6) is 0 Å². The molecule has 0 amide bonds. The topological polar surface area (TPSA) is 99.9 Å². The number of benzene rings is 1. The lowest BCUT2D eigenvalue weighted by Gasteiger charge is -2.33. The van der Waals surface area contributed by atoms with Crippen LogP contribution in [0.4, 0.5) is 0 Å². The molecule has 8 heteroatoms. The van der Waals surface area contributed by atoms with Gasteiger partial charge in [-0.2, -0.15) is 0 Å². The van der Waals surface area contributed by atoms with E-state index in [0.717, 1.165) is 40.7 Å². The number of tetrazole rings is 1. The van der Waals surface area contributed by atoms with Crippen LogP contribution < -0.4 is 5.56 Å². The molecular formula is C24H34N6O2. The van der Waals surface area contributed by atoms with Gasteiger partial charge in [0.05, 0.1) is 24.2 Å². The highest BCUT2D eigenvalue weighted by atomic mass is 16.3. The lowest BCUT2D eigenvalue weighted by atomic mass is 9.99. The summed E-state index contributed by atoms with van der Waals surface area (Å²) in [4.78, 5) is 18.2. The first kappa shape index (κ1) is 22.6. The van der Waals surface area contributed by atoms with E-state index in [1.165, 1.54) is 12.8 Å². The summed E-state index contributed by atoms with van der Waals surface area (Å²) < 4.78 is 1.99. The smallest absolute Gasteiger partial charge is 0.252 e. The quantitative estimate of drug-likeness (QED) is 0.559. The van der Waals surface area contributed by atoms with Crippen LogP contribution in [0.2, 0.25) is 0 Å². The highest BCUT2D eigenvalue weighted by Gasteiger charge is 2.32. The van der Waals surface area contributed by atoms with Crippen molar-refractivity contribution in [1.82, 2.24) is 30.1 Å². The van der Waals surface area contributed by atoms with Crippen molar-refractivity contribution in [2.45, 2.75) is 72.0 Å². The Balaban J connectivity index is 1.73. The molecule has 1 aliphatic rings. The van der Waals surface area contributed by atoms with Crippen LogP contribution in [0.25, 0.3) is 10.9 Å². The summed E-state index contributed by atoms with van der Waals surface area (Å²) in [5.74, 6) is 1.03. The van der Waals surface area contributed by atoms with Crippen LogP contribution in [0.15, 0.2) is 23.0 Å².